The van der Waals surface area contributed by atoms with E-state index in [4.69, 9.17) is 4.74 Å². The Hall–Kier alpha value is -2.89. The molecule has 0 radical (unpaired) electrons. The van der Waals surface area contributed by atoms with Crippen molar-refractivity contribution in [2.24, 2.45) is 0 Å². The van der Waals surface area contributed by atoms with Crippen molar-refractivity contribution in [3.05, 3.63) is 47.6 Å². The number of barbiturate groups is 1. The summed E-state index contributed by atoms with van der Waals surface area (Å²) in [6, 6.07) is 6.65. The molecule has 25 heavy (non-hydrogen) atoms. The fraction of sp³-hybridized carbons (Fsp3) is 0.316. The number of benzene rings is 1. The average Bonchev–Trinajstić information content (AvgIpc) is 3.12. The van der Waals surface area contributed by atoms with Gasteiger partial charge in [-0.05, 0) is 36.6 Å². The molecule has 6 heteroatoms. The molecule has 3 rings (SSSR count). The number of carbonyl (C=O) groups excluding carboxylic acids is 3. The number of hydrogen-bond donors (Lipinski definition) is 1. The number of allylic oxidation sites excluding steroid dienone is 2. The van der Waals surface area contributed by atoms with Crippen LogP contribution in [0.25, 0.3) is 6.08 Å². The van der Waals surface area contributed by atoms with Crippen molar-refractivity contribution < 1.29 is 19.1 Å². The first-order valence-electron chi connectivity index (χ1n) is 8.31. The van der Waals surface area contributed by atoms with Crippen molar-refractivity contribution in [2.45, 2.75) is 31.7 Å². The number of imide groups is 2. The van der Waals surface area contributed by atoms with Crippen molar-refractivity contribution >= 4 is 23.9 Å². The molecule has 1 saturated carbocycles. The monoisotopic (exact) mass is 340 g/mol. The van der Waals surface area contributed by atoms with Crippen LogP contribution in [0.5, 0.6) is 5.75 Å². The van der Waals surface area contributed by atoms with E-state index in [1.54, 1.807) is 19.3 Å². The van der Waals surface area contributed by atoms with E-state index < -0.39 is 17.8 Å². The molecule has 0 spiro atoms. The topological polar surface area (TPSA) is 75.7 Å². The van der Waals surface area contributed by atoms with E-state index in [1.807, 2.05) is 24.3 Å². The van der Waals surface area contributed by atoms with Crippen LogP contribution >= 0.6 is 0 Å². The van der Waals surface area contributed by atoms with E-state index in [9.17, 15) is 14.4 Å². The maximum absolute atomic E-state index is 12.6. The quantitative estimate of drug-likeness (QED) is 0.675. The molecule has 1 aliphatic heterocycles. The highest BCUT2D eigenvalue weighted by atomic mass is 16.5. The molecule has 1 heterocycles. The summed E-state index contributed by atoms with van der Waals surface area (Å²) in [6.45, 7) is 0. The Bertz CT molecular complexity index is 743. The first-order chi connectivity index (χ1) is 12.1. The van der Waals surface area contributed by atoms with Crippen LogP contribution in [0.2, 0.25) is 0 Å². The van der Waals surface area contributed by atoms with Gasteiger partial charge in [-0.2, -0.15) is 0 Å². The van der Waals surface area contributed by atoms with Crippen molar-refractivity contribution in [1.29, 1.82) is 0 Å². The highest BCUT2D eigenvalue weighted by Gasteiger charge is 2.40. The summed E-state index contributed by atoms with van der Waals surface area (Å²) >= 11 is 0. The molecule has 2 aliphatic rings. The van der Waals surface area contributed by atoms with Crippen LogP contribution in [0, 0.1) is 0 Å². The lowest BCUT2D eigenvalue weighted by Crippen LogP contribution is -2.57. The summed E-state index contributed by atoms with van der Waals surface area (Å²) in [4.78, 5) is 37.8. The molecule has 0 atom stereocenters. The molecule has 2 fully saturated rings. The number of rotatable bonds is 4. The van der Waals surface area contributed by atoms with E-state index in [-0.39, 0.29) is 11.6 Å². The van der Waals surface area contributed by atoms with Gasteiger partial charge in [-0.25, -0.2) is 4.79 Å². The lowest BCUT2D eigenvalue weighted by atomic mass is 10.1. The third-order valence-corrected chi connectivity index (χ3v) is 4.49. The number of amides is 4. The summed E-state index contributed by atoms with van der Waals surface area (Å²) in [5, 5.41) is 2.26. The number of hydrogen-bond acceptors (Lipinski definition) is 4. The Kier molecular flexibility index (Phi) is 4.97. The van der Waals surface area contributed by atoms with Gasteiger partial charge in [0.25, 0.3) is 11.8 Å². The van der Waals surface area contributed by atoms with Crippen LogP contribution in [0.3, 0.4) is 0 Å². The van der Waals surface area contributed by atoms with E-state index in [0.29, 0.717) is 0 Å². The molecule has 1 aliphatic carbocycles. The largest absolute Gasteiger partial charge is 0.497 e. The molecule has 0 bridgehead atoms. The van der Waals surface area contributed by atoms with Gasteiger partial charge in [0.15, 0.2) is 0 Å². The van der Waals surface area contributed by atoms with Crippen LogP contribution in [0.4, 0.5) is 4.79 Å². The van der Waals surface area contributed by atoms with E-state index in [1.165, 1.54) is 11.0 Å². The van der Waals surface area contributed by atoms with Gasteiger partial charge in [-0.15, -0.1) is 0 Å². The molecular formula is C19H20N2O4. The minimum Gasteiger partial charge on any atom is -0.497 e. The van der Waals surface area contributed by atoms with Crippen molar-refractivity contribution in [1.82, 2.24) is 10.2 Å². The van der Waals surface area contributed by atoms with E-state index >= 15 is 0 Å². The highest BCUT2D eigenvalue weighted by molar-refractivity contribution is 6.29. The van der Waals surface area contributed by atoms with Gasteiger partial charge in [-0.1, -0.05) is 37.1 Å². The summed E-state index contributed by atoms with van der Waals surface area (Å²) in [7, 11) is 1.60. The summed E-state index contributed by atoms with van der Waals surface area (Å²) in [6.07, 6.45) is 8.44. The lowest BCUT2D eigenvalue weighted by Gasteiger charge is -2.30. The Morgan fingerprint density at radius 3 is 2.44 bits per heavy atom. The number of carbonyl (C=O) groups is 3. The summed E-state index contributed by atoms with van der Waals surface area (Å²) in [5.74, 6) is -0.410. The Morgan fingerprint density at radius 1 is 1.12 bits per heavy atom. The second-order valence-corrected chi connectivity index (χ2v) is 6.09. The van der Waals surface area contributed by atoms with Crippen LogP contribution in [-0.4, -0.2) is 35.9 Å². The third kappa shape index (κ3) is 3.63. The van der Waals surface area contributed by atoms with Crippen molar-refractivity contribution in [3.8, 4) is 5.75 Å². The van der Waals surface area contributed by atoms with Crippen LogP contribution in [-0.2, 0) is 9.59 Å². The van der Waals surface area contributed by atoms with Crippen LogP contribution in [0.15, 0.2) is 42.0 Å². The zero-order chi connectivity index (χ0) is 17.8. The van der Waals surface area contributed by atoms with E-state index in [2.05, 4.69) is 5.32 Å². The highest BCUT2D eigenvalue weighted by Crippen LogP contribution is 2.26. The van der Waals surface area contributed by atoms with Gasteiger partial charge in [0.05, 0.1) is 7.11 Å². The molecule has 4 amide bonds. The molecule has 1 N–H and O–H groups in total. The van der Waals surface area contributed by atoms with Gasteiger partial charge in [0.2, 0.25) is 0 Å². The molecular weight excluding hydrogens is 320 g/mol. The average molecular weight is 340 g/mol. The van der Waals surface area contributed by atoms with Gasteiger partial charge in [0, 0.05) is 6.04 Å². The summed E-state index contributed by atoms with van der Waals surface area (Å²) in [5.41, 5.74) is 0.890. The summed E-state index contributed by atoms with van der Waals surface area (Å²) < 4.78 is 5.10. The lowest BCUT2D eigenvalue weighted by molar-refractivity contribution is -0.131. The zero-order valence-corrected chi connectivity index (χ0v) is 14.0. The Morgan fingerprint density at radius 2 is 1.80 bits per heavy atom. The van der Waals surface area contributed by atoms with Gasteiger partial charge in [0.1, 0.15) is 11.3 Å². The fourth-order valence-electron chi connectivity index (χ4n) is 3.16. The normalized spacial score (nSPS) is 20.6. The number of nitrogens with one attached hydrogen (secondary N) is 1. The zero-order valence-electron chi connectivity index (χ0n) is 14.0. The molecule has 1 aromatic rings. The number of nitrogens with zero attached hydrogens (tertiary/aromatic N) is 1. The third-order valence-electron chi connectivity index (χ3n) is 4.49. The van der Waals surface area contributed by atoms with Gasteiger partial charge < -0.3 is 4.74 Å². The molecule has 0 unspecified atom stereocenters. The molecule has 130 valence electrons. The van der Waals surface area contributed by atoms with E-state index in [0.717, 1.165) is 37.0 Å². The maximum atomic E-state index is 12.6. The smallest absolute Gasteiger partial charge is 0.331 e. The Labute approximate surface area is 146 Å². The predicted octanol–water partition coefficient (Wildman–Crippen LogP) is 2.66. The van der Waals surface area contributed by atoms with Crippen LogP contribution in [0.1, 0.15) is 31.2 Å². The predicted molar refractivity (Wildman–Crippen MR) is 92.8 cm³/mol. The fourth-order valence-corrected chi connectivity index (χ4v) is 3.16. The maximum Gasteiger partial charge on any atom is 0.331 e. The number of ether oxygens (including phenoxy) is 1. The first-order valence-corrected chi connectivity index (χ1v) is 8.31. The molecule has 6 nitrogen and oxygen atoms in total. The minimum absolute atomic E-state index is 0.0174. The second kappa shape index (κ2) is 7.34. The molecule has 1 aromatic carbocycles. The van der Waals surface area contributed by atoms with Gasteiger partial charge >= 0.3 is 6.03 Å². The minimum atomic E-state index is -0.649. The molecule has 0 aromatic heterocycles. The first kappa shape index (κ1) is 17.0. The van der Waals surface area contributed by atoms with Gasteiger partial charge in [-0.3, -0.25) is 19.8 Å². The number of methoxy groups -OCH3 is 1. The van der Waals surface area contributed by atoms with Crippen LogP contribution < -0.4 is 10.1 Å². The Balaban J connectivity index is 1.77. The molecule has 1 saturated heterocycles. The van der Waals surface area contributed by atoms with Crippen molar-refractivity contribution in [3.63, 3.8) is 0 Å². The number of urea groups is 1. The SMILES string of the molecule is COc1ccc(/C=C/C=C2\C(=O)NC(=O)N(C3CCCC3)C2=O)cc1. The van der Waals surface area contributed by atoms with Crippen molar-refractivity contribution in [2.75, 3.05) is 7.11 Å². The second-order valence-electron chi connectivity index (χ2n) is 6.09. The standard InChI is InChI=1S/C19H20N2O4/c1-25-15-11-9-13(10-12-15)5-4-8-16-17(22)20-19(24)21(18(16)23)14-6-2-3-7-14/h4-5,8-12,14H,2-3,6-7H2,1H3,(H,20,22,24)/b5-4+,16-8+.